The average Bonchev–Trinajstić information content (AvgIpc) is 2.79. The zero-order valence-electron chi connectivity index (χ0n) is 9.78. The molecule has 0 fully saturated rings. The summed E-state index contributed by atoms with van der Waals surface area (Å²) in [5.74, 6) is 0.455. The smallest absolute Gasteiger partial charge is 0.132 e. The molecular formula is C13H16FN3. The van der Waals surface area contributed by atoms with Gasteiger partial charge in [-0.15, -0.1) is 0 Å². The van der Waals surface area contributed by atoms with Crippen LogP contribution >= 0.6 is 0 Å². The van der Waals surface area contributed by atoms with Crippen LogP contribution in [-0.4, -0.2) is 9.97 Å². The van der Waals surface area contributed by atoms with Crippen molar-refractivity contribution in [3.8, 4) is 11.3 Å². The monoisotopic (exact) mass is 233 g/mol. The number of halogens is 1. The Morgan fingerprint density at radius 3 is 2.88 bits per heavy atom. The fourth-order valence-corrected chi connectivity index (χ4v) is 1.79. The zero-order chi connectivity index (χ0) is 12.3. The van der Waals surface area contributed by atoms with Crippen molar-refractivity contribution in [2.45, 2.75) is 25.8 Å². The molecule has 4 heteroatoms. The summed E-state index contributed by atoms with van der Waals surface area (Å²) in [4.78, 5) is 7.28. The highest BCUT2D eigenvalue weighted by molar-refractivity contribution is 5.59. The van der Waals surface area contributed by atoms with E-state index in [9.17, 15) is 4.39 Å². The first-order valence-corrected chi connectivity index (χ1v) is 5.77. The van der Waals surface area contributed by atoms with Crippen LogP contribution in [0.5, 0.6) is 0 Å². The Kier molecular flexibility index (Phi) is 3.54. The molecule has 0 aliphatic rings. The number of aromatic nitrogens is 2. The molecule has 1 atom stereocenters. The van der Waals surface area contributed by atoms with Crippen molar-refractivity contribution in [1.82, 2.24) is 9.97 Å². The SMILES string of the molecule is CCCC(N)c1ncc(-c2ccccc2F)[nH]1. The van der Waals surface area contributed by atoms with Crippen LogP contribution in [0, 0.1) is 5.82 Å². The molecule has 0 saturated heterocycles. The van der Waals surface area contributed by atoms with Crippen LogP contribution in [0.3, 0.4) is 0 Å². The van der Waals surface area contributed by atoms with E-state index in [2.05, 4.69) is 16.9 Å². The molecule has 2 rings (SSSR count). The van der Waals surface area contributed by atoms with Gasteiger partial charge in [0.05, 0.1) is 17.9 Å². The van der Waals surface area contributed by atoms with Crippen LogP contribution in [0.4, 0.5) is 4.39 Å². The Morgan fingerprint density at radius 2 is 2.18 bits per heavy atom. The maximum absolute atomic E-state index is 13.6. The van der Waals surface area contributed by atoms with Crippen molar-refractivity contribution in [1.29, 1.82) is 0 Å². The lowest BCUT2D eigenvalue weighted by Crippen LogP contribution is -2.11. The number of hydrogen-bond acceptors (Lipinski definition) is 2. The Labute approximate surface area is 99.9 Å². The predicted molar refractivity (Wildman–Crippen MR) is 65.8 cm³/mol. The molecule has 0 spiro atoms. The van der Waals surface area contributed by atoms with Crippen LogP contribution in [0.25, 0.3) is 11.3 Å². The number of nitrogens with one attached hydrogen (secondary N) is 1. The van der Waals surface area contributed by atoms with Gasteiger partial charge in [0, 0.05) is 5.56 Å². The van der Waals surface area contributed by atoms with E-state index in [-0.39, 0.29) is 11.9 Å². The largest absolute Gasteiger partial charge is 0.341 e. The molecule has 1 unspecified atom stereocenters. The fourth-order valence-electron chi connectivity index (χ4n) is 1.79. The number of benzene rings is 1. The molecule has 3 nitrogen and oxygen atoms in total. The predicted octanol–water partition coefficient (Wildman–Crippen LogP) is 3.02. The van der Waals surface area contributed by atoms with E-state index >= 15 is 0 Å². The lowest BCUT2D eigenvalue weighted by atomic mass is 10.1. The highest BCUT2D eigenvalue weighted by Gasteiger charge is 2.11. The minimum Gasteiger partial charge on any atom is -0.341 e. The molecule has 2 aromatic rings. The third-order valence-corrected chi connectivity index (χ3v) is 2.71. The van der Waals surface area contributed by atoms with Gasteiger partial charge in [-0.1, -0.05) is 25.5 Å². The van der Waals surface area contributed by atoms with E-state index in [0.29, 0.717) is 17.1 Å². The summed E-state index contributed by atoms with van der Waals surface area (Å²) in [5.41, 5.74) is 7.14. The first kappa shape index (κ1) is 11.8. The third kappa shape index (κ3) is 2.53. The Balaban J connectivity index is 2.27. The lowest BCUT2D eigenvalue weighted by Gasteiger charge is -2.06. The summed E-state index contributed by atoms with van der Waals surface area (Å²) in [7, 11) is 0. The Hall–Kier alpha value is -1.68. The maximum atomic E-state index is 13.6. The molecule has 0 aliphatic carbocycles. The molecule has 1 heterocycles. The summed E-state index contributed by atoms with van der Waals surface area (Å²) in [6, 6.07) is 6.50. The molecule has 17 heavy (non-hydrogen) atoms. The van der Waals surface area contributed by atoms with Gasteiger partial charge in [-0.2, -0.15) is 0 Å². The van der Waals surface area contributed by atoms with Gasteiger partial charge in [-0.25, -0.2) is 9.37 Å². The quantitative estimate of drug-likeness (QED) is 0.852. The minimum absolute atomic E-state index is 0.111. The van der Waals surface area contributed by atoms with E-state index in [1.54, 1.807) is 24.4 Å². The Bertz CT molecular complexity index is 493. The molecule has 0 saturated carbocycles. The second kappa shape index (κ2) is 5.10. The first-order valence-electron chi connectivity index (χ1n) is 5.77. The summed E-state index contributed by atoms with van der Waals surface area (Å²) < 4.78 is 13.6. The number of H-pyrrole nitrogens is 1. The molecule has 1 aromatic carbocycles. The van der Waals surface area contributed by atoms with Gasteiger partial charge >= 0.3 is 0 Å². The van der Waals surface area contributed by atoms with Crippen molar-refractivity contribution in [3.63, 3.8) is 0 Å². The van der Waals surface area contributed by atoms with Gasteiger partial charge in [0.2, 0.25) is 0 Å². The summed E-state index contributed by atoms with van der Waals surface area (Å²) in [6.07, 6.45) is 3.49. The highest BCUT2D eigenvalue weighted by Crippen LogP contribution is 2.22. The number of nitrogens with two attached hydrogens (primary N) is 1. The number of rotatable bonds is 4. The molecule has 0 aliphatic heterocycles. The third-order valence-electron chi connectivity index (χ3n) is 2.71. The van der Waals surface area contributed by atoms with Crippen LogP contribution in [0.1, 0.15) is 31.6 Å². The highest BCUT2D eigenvalue weighted by atomic mass is 19.1. The summed E-state index contributed by atoms with van der Waals surface area (Å²) >= 11 is 0. The molecule has 0 amide bonds. The van der Waals surface area contributed by atoms with Gasteiger partial charge in [0.1, 0.15) is 11.6 Å². The van der Waals surface area contributed by atoms with Gasteiger partial charge in [0.25, 0.3) is 0 Å². The van der Waals surface area contributed by atoms with E-state index in [0.717, 1.165) is 12.8 Å². The van der Waals surface area contributed by atoms with Gasteiger partial charge in [0.15, 0.2) is 0 Å². The van der Waals surface area contributed by atoms with Crippen LogP contribution in [0.2, 0.25) is 0 Å². The first-order chi connectivity index (χ1) is 8.22. The van der Waals surface area contributed by atoms with Gasteiger partial charge in [-0.3, -0.25) is 0 Å². The van der Waals surface area contributed by atoms with Crippen molar-refractivity contribution in [3.05, 3.63) is 42.1 Å². The van der Waals surface area contributed by atoms with E-state index < -0.39 is 0 Å². The van der Waals surface area contributed by atoms with E-state index in [4.69, 9.17) is 5.73 Å². The molecule has 3 N–H and O–H groups in total. The normalized spacial score (nSPS) is 12.6. The van der Waals surface area contributed by atoms with Crippen molar-refractivity contribution >= 4 is 0 Å². The maximum Gasteiger partial charge on any atom is 0.132 e. The second-order valence-corrected chi connectivity index (χ2v) is 4.06. The molecule has 0 radical (unpaired) electrons. The molecule has 90 valence electrons. The van der Waals surface area contributed by atoms with E-state index in [1.165, 1.54) is 6.07 Å². The summed E-state index contributed by atoms with van der Waals surface area (Å²) in [6.45, 7) is 2.07. The number of aromatic amines is 1. The molecular weight excluding hydrogens is 217 g/mol. The van der Waals surface area contributed by atoms with E-state index in [1.807, 2.05) is 0 Å². The number of imidazole rings is 1. The summed E-state index contributed by atoms with van der Waals surface area (Å²) in [5, 5.41) is 0. The standard InChI is InChI=1S/C13H16FN3/c1-2-5-11(15)13-16-8-12(17-13)9-6-3-4-7-10(9)14/h3-4,6-8,11H,2,5,15H2,1H3,(H,16,17). The van der Waals surface area contributed by atoms with Crippen molar-refractivity contribution < 1.29 is 4.39 Å². The van der Waals surface area contributed by atoms with Crippen molar-refractivity contribution in [2.24, 2.45) is 5.73 Å². The van der Waals surface area contributed by atoms with Crippen LogP contribution in [0.15, 0.2) is 30.5 Å². The Morgan fingerprint density at radius 1 is 1.41 bits per heavy atom. The average molecular weight is 233 g/mol. The molecule has 1 aromatic heterocycles. The van der Waals surface area contributed by atoms with Gasteiger partial charge < -0.3 is 10.7 Å². The zero-order valence-corrected chi connectivity index (χ0v) is 9.78. The number of nitrogens with zero attached hydrogens (tertiary/aromatic N) is 1. The number of hydrogen-bond donors (Lipinski definition) is 2. The van der Waals surface area contributed by atoms with Crippen LogP contribution in [-0.2, 0) is 0 Å². The van der Waals surface area contributed by atoms with Gasteiger partial charge in [-0.05, 0) is 18.6 Å². The van der Waals surface area contributed by atoms with Crippen molar-refractivity contribution in [2.75, 3.05) is 0 Å². The lowest BCUT2D eigenvalue weighted by molar-refractivity contribution is 0.608. The molecule has 0 bridgehead atoms. The fraction of sp³-hybridized carbons (Fsp3) is 0.308. The van der Waals surface area contributed by atoms with Crippen LogP contribution < -0.4 is 5.73 Å². The topological polar surface area (TPSA) is 54.7 Å². The minimum atomic E-state index is -0.258. The second-order valence-electron chi connectivity index (χ2n) is 4.06.